The van der Waals surface area contributed by atoms with E-state index in [4.69, 9.17) is 0 Å². The van der Waals surface area contributed by atoms with E-state index in [2.05, 4.69) is 37.0 Å². The molecule has 1 aliphatic rings. The topological polar surface area (TPSA) is 50.2 Å². The van der Waals surface area contributed by atoms with Crippen molar-refractivity contribution in [2.45, 2.75) is 38.8 Å². The Hall–Kier alpha value is -1.82. The quantitative estimate of drug-likeness (QED) is 0.850. The Morgan fingerprint density at radius 2 is 2.12 bits per heavy atom. The number of imidazole rings is 1. The van der Waals surface area contributed by atoms with Gasteiger partial charge in [0.2, 0.25) is 0 Å². The summed E-state index contributed by atoms with van der Waals surface area (Å²) < 4.78 is 3.29. The van der Waals surface area contributed by atoms with Gasteiger partial charge in [-0.15, -0.1) is 0 Å². The van der Waals surface area contributed by atoms with Crippen molar-refractivity contribution in [1.29, 1.82) is 0 Å². The zero-order chi connectivity index (χ0) is 16.9. The first-order valence-electron chi connectivity index (χ1n) is 8.40. The van der Waals surface area contributed by atoms with Crippen LogP contribution in [0.2, 0.25) is 0 Å². The number of benzene rings is 1. The Morgan fingerprint density at radius 3 is 2.88 bits per heavy atom. The Morgan fingerprint density at radius 1 is 1.33 bits per heavy atom. The van der Waals surface area contributed by atoms with Gasteiger partial charge in [0.1, 0.15) is 5.82 Å². The molecule has 1 N–H and O–H groups in total. The Kier molecular flexibility index (Phi) is 5.56. The molecule has 24 heavy (non-hydrogen) atoms. The van der Waals surface area contributed by atoms with Gasteiger partial charge in [-0.1, -0.05) is 28.1 Å². The fourth-order valence-electron chi connectivity index (χ4n) is 2.96. The molecule has 0 saturated carbocycles. The first kappa shape index (κ1) is 17.0. The highest BCUT2D eigenvalue weighted by Gasteiger charge is 2.13. The highest BCUT2D eigenvalue weighted by molar-refractivity contribution is 9.10. The van der Waals surface area contributed by atoms with Crippen LogP contribution in [0.25, 0.3) is 0 Å². The molecule has 6 heteroatoms. The number of carbonyl (C=O) groups excluding carboxylic acids is 1. The number of halogens is 1. The fourth-order valence-corrected chi connectivity index (χ4v) is 3.22. The lowest BCUT2D eigenvalue weighted by molar-refractivity contribution is 0.207. The van der Waals surface area contributed by atoms with Crippen LogP contribution in [-0.4, -0.2) is 34.1 Å². The zero-order valence-corrected chi connectivity index (χ0v) is 15.6. The van der Waals surface area contributed by atoms with E-state index in [1.807, 2.05) is 31.3 Å². The van der Waals surface area contributed by atoms with Gasteiger partial charge >= 0.3 is 6.03 Å². The van der Waals surface area contributed by atoms with Crippen LogP contribution in [0, 0.1) is 0 Å². The van der Waals surface area contributed by atoms with E-state index in [1.54, 1.807) is 4.90 Å². The van der Waals surface area contributed by atoms with Gasteiger partial charge < -0.3 is 14.8 Å². The fraction of sp³-hybridized carbons (Fsp3) is 0.444. The molecule has 0 unspecified atom stereocenters. The first-order valence-corrected chi connectivity index (χ1v) is 9.19. The van der Waals surface area contributed by atoms with Crippen LogP contribution in [0.15, 0.2) is 34.9 Å². The molecule has 128 valence electrons. The molecule has 0 bridgehead atoms. The summed E-state index contributed by atoms with van der Waals surface area (Å²) in [5, 5.41) is 2.97. The van der Waals surface area contributed by atoms with Gasteiger partial charge in [-0.3, -0.25) is 0 Å². The second-order valence-electron chi connectivity index (χ2n) is 6.26. The van der Waals surface area contributed by atoms with Crippen LogP contribution in [-0.2, 0) is 25.9 Å². The number of rotatable bonds is 5. The summed E-state index contributed by atoms with van der Waals surface area (Å²) in [5.41, 5.74) is 2.18. The molecule has 1 aromatic carbocycles. The van der Waals surface area contributed by atoms with E-state index in [-0.39, 0.29) is 6.03 Å². The lowest BCUT2D eigenvalue weighted by atomic mass is 10.2. The largest absolute Gasteiger partial charge is 0.338 e. The van der Waals surface area contributed by atoms with Crippen molar-refractivity contribution in [3.63, 3.8) is 0 Å². The highest BCUT2D eigenvalue weighted by Crippen LogP contribution is 2.15. The molecule has 3 rings (SSSR count). The first-order chi connectivity index (χ1) is 11.6. The number of carbonyl (C=O) groups is 1. The molecule has 0 aliphatic carbocycles. The normalized spacial score (nSPS) is 13.4. The average Bonchev–Trinajstić information content (AvgIpc) is 2.99. The van der Waals surface area contributed by atoms with E-state index in [9.17, 15) is 4.79 Å². The average molecular weight is 391 g/mol. The maximum absolute atomic E-state index is 12.2. The molecular formula is C18H23BrN4O. The van der Waals surface area contributed by atoms with Crippen molar-refractivity contribution < 1.29 is 4.79 Å². The highest BCUT2D eigenvalue weighted by atomic mass is 79.9. The minimum atomic E-state index is -0.0538. The Bertz CT molecular complexity index is 672. The summed E-state index contributed by atoms with van der Waals surface area (Å²) in [4.78, 5) is 18.5. The van der Waals surface area contributed by atoms with Gasteiger partial charge in [-0.2, -0.15) is 0 Å². The van der Waals surface area contributed by atoms with Gasteiger partial charge in [0.15, 0.2) is 0 Å². The number of aryl methyl sites for hydroxylation is 2. The summed E-state index contributed by atoms with van der Waals surface area (Å²) in [7, 11) is 1.81. The predicted octanol–water partition coefficient (Wildman–Crippen LogP) is 3.37. The number of amides is 2. The number of urea groups is 1. The summed E-state index contributed by atoms with van der Waals surface area (Å²) in [6.07, 6.45) is 6.45. The van der Waals surface area contributed by atoms with Crippen molar-refractivity contribution in [3.8, 4) is 0 Å². The van der Waals surface area contributed by atoms with E-state index < -0.39 is 0 Å². The molecule has 0 radical (unpaired) electrons. The number of nitrogens with zero attached hydrogens (tertiary/aromatic N) is 3. The maximum atomic E-state index is 12.2. The minimum absolute atomic E-state index is 0.0538. The van der Waals surface area contributed by atoms with E-state index >= 15 is 0 Å². The summed E-state index contributed by atoms with van der Waals surface area (Å²) >= 11 is 3.42. The minimum Gasteiger partial charge on any atom is -0.338 e. The molecular weight excluding hydrogens is 368 g/mol. The van der Waals surface area contributed by atoms with Crippen molar-refractivity contribution in [3.05, 3.63) is 52.0 Å². The monoisotopic (exact) mass is 390 g/mol. The third-order valence-corrected chi connectivity index (χ3v) is 4.82. The molecule has 2 heterocycles. The summed E-state index contributed by atoms with van der Waals surface area (Å²) in [5.74, 6) is 1.19. The van der Waals surface area contributed by atoms with Gasteiger partial charge in [-0.25, -0.2) is 9.78 Å². The number of aromatic nitrogens is 2. The van der Waals surface area contributed by atoms with Gasteiger partial charge in [0.25, 0.3) is 0 Å². The van der Waals surface area contributed by atoms with Gasteiger partial charge in [0.05, 0.1) is 5.69 Å². The smallest absolute Gasteiger partial charge is 0.317 e. The van der Waals surface area contributed by atoms with Crippen LogP contribution in [0.3, 0.4) is 0 Å². The number of hydrogen-bond donors (Lipinski definition) is 1. The summed E-state index contributed by atoms with van der Waals surface area (Å²) in [6, 6.07) is 7.96. The van der Waals surface area contributed by atoms with E-state index in [0.29, 0.717) is 13.1 Å². The summed E-state index contributed by atoms with van der Waals surface area (Å²) in [6.45, 7) is 2.28. The second kappa shape index (κ2) is 7.83. The number of nitrogens with one attached hydrogen (secondary N) is 1. The number of fused-ring (bicyclic) bond motifs is 1. The van der Waals surface area contributed by atoms with Gasteiger partial charge in [-0.05, 0) is 30.5 Å². The van der Waals surface area contributed by atoms with Crippen molar-refractivity contribution >= 4 is 22.0 Å². The molecule has 5 nitrogen and oxygen atoms in total. The van der Waals surface area contributed by atoms with Crippen LogP contribution < -0.4 is 5.32 Å². The number of hydrogen-bond acceptors (Lipinski definition) is 2. The third-order valence-electron chi connectivity index (χ3n) is 4.30. The van der Waals surface area contributed by atoms with Crippen molar-refractivity contribution in [2.75, 3.05) is 13.6 Å². The SMILES string of the molecule is CN(Cc1ccc(Br)cc1)C(=O)NCCc1cn2c(n1)CCCC2. The molecule has 0 fully saturated rings. The molecule has 1 aliphatic heterocycles. The molecule has 2 amide bonds. The maximum Gasteiger partial charge on any atom is 0.317 e. The van der Waals surface area contributed by atoms with Crippen molar-refractivity contribution in [2.24, 2.45) is 0 Å². The second-order valence-corrected chi connectivity index (χ2v) is 7.18. The molecule has 1 aromatic heterocycles. The lowest BCUT2D eigenvalue weighted by Crippen LogP contribution is -2.37. The molecule has 0 spiro atoms. The standard InChI is InChI=1S/C18H23BrN4O/c1-22(12-14-5-7-15(19)8-6-14)18(24)20-10-9-16-13-23-11-3-2-4-17(23)21-16/h5-8,13H,2-4,9-12H2,1H3,(H,20,24). The Labute approximate surface area is 151 Å². The molecule has 2 aromatic rings. The van der Waals surface area contributed by atoms with Crippen LogP contribution >= 0.6 is 15.9 Å². The van der Waals surface area contributed by atoms with Crippen LogP contribution in [0.4, 0.5) is 4.79 Å². The zero-order valence-electron chi connectivity index (χ0n) is 14.0. The molecule has 0 atom stereocenters. The van der Waals surface area contributed by atoms with Gasteiger partial charge in [0, 0.05) is 50.2 Å². The predicted molar refractivity (Wildman–Crippen MR) is 97.9 cm³/mol. The van der Waals surface area contributed by atoms with Crippen LogP contribution in [0.5, 0.6) is 0 Å². The lowest BCUT2D eigenvalue weighted by Gasteiger charge is -2.18. The Balaban J connectivity index is 1.44. The van der Waals surface area contributed by atoms with E-state index in [1.165, 1.54) is 18.7 Å². The van der Waals surface area contributed by atoms with E-state index in [0.717, 1.165) is 35.1 Å². The van der Waals surface area contributed by atoms with Crippen LogP contribution in [0.1, 0.15) is 29.9 Å². The molecule has 0 saturated heterocycles. The van der Waals surface area contributed by atoms with Crippen molar-refractivity contribution in [1.82, 2.24) is 19.8 Å². The third kappa shape index (κ3) is 4.38.